The van der Waals surface area contributed by atoms with Gasteiger partial charge in [-0.25, -0.2) is 9.52 Å². The molecule has 0 aromatic heterocycles. The molecule has 0 atom stereocenters. The Balaban J connectivity index is 1.71. The van der Waals surface area contributed by atoms with Crippen molar-refractivity contribution in [2.45, 2.75) is 37.1 Å². The van der Waals surface area contributed by atoms with Gasteiger partial charge in [-0.15, -0.1) is 0 Å². The normalized spacial score (nSPS) is 20.8. The van der Waals surface area contributed by atoms with Crippen LogP contribution in [0.5, 0.6) is 5.75 Å². The minimum atomic E-state index is -4.61. The van der Waals surface area contributed by atoms with Crippen molar-refractivity contribution in [2.75, 3.05) is 13.7 Å². The number of amides is 3. The summed E-state index contributed by atoms with van der Waals surface area (Å²) in [5.41, 5.74) is 1.20. The second-order valence-electron chi connectivity index (χ2n) is 7.85. The molecule has 0 saturated heterocycles. The molecule has 0 aliphatic heterocycles. The molecular formula is C22H27N3O6S. The van der Waals surface area contributed by atoms with E-state index in [1.807, 2.05) is 30.3 Å². The highest BCUT2D eigenvalue weighted by molar-refractivity contribution is 7.84. The SMILES string of the molecule is COc1ccccc1C(=O)NCC1(c2ccccc2)CCC(NC(=O)NS(=O)(=O)O)CC1. The molecule has 3 rings (SSSR count). The van der Waals surface area contributed by atoms with Gasteiger partial charge in [0.1, 0.15) is 5.75 Å². The minimum Gasteiger partial charge on any atom is -0.496 e. The maximum Gasteiger partial charge on any atom is 0.361 e. The summed E-state index contributed by atoms with van der Waals surface area (Å²) in [4.78, 5) is 24.6. The molecule has 172 valence electrons. The molecule has 0 radical (unpaired) electrons. The summed E-state index contributed by atoms with van der Waals surface area (Å²) in [6.45, 7) is 0.401. The van der Waals surface area contributed by atoms with Gasteiger partial charge in [0.15, 0.2) is 0 Å². The lowest BCUT2D eigenvalue weighted by atomic mass is 9.68. The van der Waals surface area contributed by atoms with Crippen molar-refractivity contribution in [3.63, 3.8) is 0 Å². The van der Waals surface area contributed by atoms with E-state index in [4.69, 9.17) is 9.29 Å². The number of rotatable bonds is 7. The van der Waals surface area contributed by atoms with Crippen LogP contribution in [-0.4, -0.2) is 44.6 Å². The lowest BCUT2D eigenvalue weighted by molar-refractivity contribution is 0.0932. The lowest BCUT2D eigenvalue weighted by Crippen LogP contribution is -2.50. The molecule has 10 heteroatoms. The molecule has 0 heterocycles. The summed E-state index contributed by atoms with van der Waals surface area (Å²) in [7, 11) is -3.09. The number of hydrogen-bond acceptors (Lipinski definition) is 5. The summed E-state index contributed by atoms with van der Waals surface area (Å²) < 4.78 is 37.2. The van der Waals surface area contributed by atoms with E-state index in [9.17, 15) is 18.0 Å². The second kappa shape index (κ2) is 10.0. The Hall–Kier alpha value is -3.11. The van der Waals surface area contributed by atoms with Crippen molar-refractivity contribution in [1.29, 1.82) is 0 Å². The molecular weight excluding hydrogens is 434 g/mol. The molecule has 0 unspecified atom stereocenters. The van der Waals surface area contributed by atoms with Crippen LogP contribution in [0.4, 0.5) is 4.79 Å². The topological polar surface area (TPSA) is 134 Å². The predicted octanol–water partition coefficient (Wildman–Crippen LogP) is 2.41. The Morgan fingerprint density at radius 2 is 1.69 bits per heavy atom. The zero-order valence-corrected chi connectivity index (χ0v) is 18.5. The van der Waals surface area contributed by atoms with Crippen LogP contribution < -0.4 is 20.1 Å². The van der Waals surface area contributed by atoms with Crippen molar-refractivity contribution in [3.05, 3.63) is 65.7 Å². The molecule has 0 spiro atoms. The van der Waals surface area contributed by atoms with E-state index in [0.717, 1.165) is 5.56 Å². The average Bonchev–Trinajstić information content (AvgIpc) is 2.78. The van der Waals surface area contributed by atoms with Crippen molar-refractivity contribution < 1.29 is 27.3 Å². The third kappa shape index (κ3) is 5.98. The predicted molar refractivity (Wildman–Crippen MR) is 119 cm³/mol. The van der Waals surface area contributed by atoms with Crippen LogP contribution in [0.25, 0.3) is 0 Å². The third-order valence-electron chi connectivity index (χ3n) is 5.82. The van der Waals surface area contributed by atoms with Crippen molar-refractivity contribution in [2.24, 2.45) is 0 Å². The standard InChI is InChI=1S/C22H27N3O6S/c1-31-19-10-6-5-9-18(19)20(26)23-15-22(16-7-3-2-4-8-16)13-11-17(12-14-22)24-21(27)25-32(28,29)30/h2-10,17H,11-15H2,1H3,(H,23,26)(H2,24,25,27)(H,28,29,30). The molecule has 1 fully saturated rings. The number of carbonyl (C=O) groups excluding carboxylic acids is 2. The monoisotopic (exact) mass is 461 g/mol. The number of urea groups is 1. The number of hydrogen-bond donors (Lipinski definition) is 4. The zero-order valence-electron chi connectivity index (χ0n) is 17.7. The summed E-state index contributed by atoms with van der Waals surface area (Å²) in [5.74, 6) is 0.266. The van der Waals surface area contributed by atoms with E-state index in [0.29, 0.717) is 43.5 Å². The van der Waals surface area contributed by atoms with Gasteiger partial charge < -0.3 is 15.4 Å². The Morgan fingerprint density at radius 3 is 2.31 bits per heavy atom. The average molecular weight is 462 g/mol. The Bertz CT molecular complexity index is 1050. The molecule has 1 saturated carbocycles. The second-order valence-corrected chi connectivity index (χ2v) is 9.01. The van der Waals surface area contributed by atoms with Crippen LogP contribution in [0.3, 0.4) is 0 Å². The maximum atomic E-state index is 12.8. The van der Waals surface area contributed by atoms with E-state index in [1.54, 1.807) is 24.3 Å². The summed E-state index contributed by atoms with van der Waals surface area (Å²) in [5, 5.41) is 5.62. The fourth-order valence-corrected chi connectivity index (χ4v) is 4.48. The first-order chi connectivity index (χ1) is 15.2. The maximum absolute atomic E-state index is 12.8. The van der Waals surface area contributed by atoms with E-state index < -0.39 is 16.3 Å². The molecule has 9 nitrogen and oxygen atoms in total. The molecule has 1 aliphatic carbocycles. The first kappa shape index (κ1) is 23.6. The molecule has 3 amide bonds. The Labute approximate surface area is 187 Å². The number of ether oxygens (including phenoxy) is 1. The van der Waals surface area contributed by atoms with Gasteiger partial charge in [-0.1, -0.05) is 42.5 Å². The lowest BCUT2D eigenvalue weighted by Gasteiger charge is -2.41. The summed E-state index contributed by atoms with van der Waals surface area (Å²) in [6.07, 6.45) is 2.50. The smallest absolute Gasteiger partial charge is 0.361 e. The highest BCUT2D eigenvalue weighted by atomic mass is 32.2. The largest absolute Gasteiger partial charge is 0.496 e. The third-order valence-corrected chi connectivity index (χ3v) is 6.27. The van der Waals surface area contributed by atoms with Gasteiger partial charge in [0, 0.05) is 18.0 Å². The number of methoxy groups -OCH3 is 1. The van der Waals surface area contributed by atoms with Gasteiger partial charge in [-0.2, -0.15) is 8.42 Å². The van der Waals surface area contributed by atoms with E-state index in [-0.39, 0.29) is 17.4 Å². The van der Waals surface area contributed by atoms with Gasteiger partial charge in [0.25, 0.3) is 5.91 Å². The van der Waals surface area contributed by atoms with E-state index in [1.165, 1.54) is 11.8 Å². The van der Waals surface area contributed by atoms with E-state index in [2.05, 4.69) is 10.6 Å². The fourth-order valence-electron chi connectivity index (χ4n) is 4.18. The summed E-state index contributed by atoms with van der Waals surface area (Å²) in [6, 6.07) is 15.7. The number of nitrogens with one attached hydrogen (secondary N) is 3. The Kier molecular flexibility index (Phi) is 7.37. The van der Waals surface area contributed by atoms with Crippen LogP contribution in [0.15, 0.2) is 54.6 Å². The number of carbonyl (C=O) groups is 2. The van der Waals surface area contributed by atoms with Crippen LogP contribution in [0.1, 0.15) is 41.6 Å². The molecule has 32 heavy (non-hydrogen) atoms. The Morgan fingerprint density at radius 1 is 1.06 bits per heavy atom. The first-order valence-electron chi connectivity index (χ1n) is 10.2. The zero-order chi connectivity index (χ0) is 23.2. The quantitative estimate of drug-likeness (QED) is 0.468. The van der Waals surface area contributed by atoms with Crippen LogP contribution in [0, 0.1) is 0 Å². The van der Waals surface area contributed by atoms with Gasteiger partial charge in [0.2, 0.25) is 0 Å². The van der Waals surface area contributed by atoms with Gasteiger partial charge in [-0.3, -0.25) is 9.35 Å². The minimum absolute atomic E-state index is 0.231. The van der Waals surface area contributed by atoms with Gasteiger partial charge in [-0.05, 0) is 43.4 Å². The molecule has 2 aromatic carbocycles. The molecule has 4 N–H and O–H groups in total. The summed E-state index contributed by atoms with van der Waals surface area (Å²) >= 11 is 0. The van der Waals surface area contributed by atoms with Crippen molar-refractivity contribution >= 4 is 22.2 Å². The molecule has 0 bridgehead atoms. The van der Waals surface area contributed by atoms with Crippen LogP contribution >= 0.6 is 0 Å². The van der Waals surface area contributed by atoms with Crippen LogP contribution in [0.2, 0.25) is 0 Å². The molecule has 1 aliphatic rings. The number of benzene rings is 2. The van der Waals surface area contributed by atoms with Crippen molar-refractivity contribution in [1.82, 2.24) is 15.4 Å². The van der Waals surface area contributed by atoms with Crippen LogP contribution in [-0.2, 0) is 15.7 Å². The van der Waals surface area contributed by atoms with Crippen molar-refractivity contribution in [3.8, 4) is 5.75 Å². The molecule has 2 aromatic rings. The van der Waals surface area contributed by atoms with E-state index >= 15 is 0 Å². The first-order valence-corrected chi connectivity index (χ1v) is 11.7. The number of para-hydroxylation sites is 1. The fraction of sp³-hybridized carbons (Fsp3) is 0.364. The van der Waals surface area contributed by atoms with Gasteiger partial charge >= 0.3 is 16.3 Å². The van der Waals surface area contributed by atoms with Gasteiger partial charge in [0.05, 0.1) is 12.7 Å². The highest BCUT2D eigenvalue weighted by Crippen LogP contribution is 2.39. The highest BCUT2D eigenvalue weighted by Gasteiger charge is 2.38.